The summed E-state index contributed by atoms with van der Waals surface area (Å²) in [4.78, 5) is 13.7. The van der Waals surface area contributed by atoms with Gasteiger partial charge in [0.25, 0.3) is 0 Å². The number of amides is 1. The predicted octanol–water partition coefficient (Wildman–Crippen LogP) is 1.08. The summed E-state index contributed by atoms with van der Waals surface area (Å²) in [5, 5.41) is 3.17. The van der Waals surface area contributed by atoms with Gasteiger partial charge in [0.1, 0.15) is 5.60 Å². The van der Waals surface area contributed by atoms with E-state index in [2.05, 4.69) is 5.32 Å². The van der Waals surface area contributed by atoms with Gasteiger partial charge in [-0.15, -0.1) is 0 Å². The molecule has 0 aromatic heterocycles. The SMILES string of the molecule is COCCN(CCNCC(OC)OC)C(=O)OC(C)(C)C. The molecule has 0 aromatic rings. The molecule has 0 rings (SSSR count). The molecule has 0 bridgehead atoms. The highest BCUT2D eigenvalue weighted by atomic mass is 16.7. The van der Waals surface area contributed by atoms with Crippen molar-refractivity contribution < 1.29 is 23.7 Å². The maximum Gasteiger partial charge on any atom is 0.410 e. The summed E-state index contributed by atoms with van der Waals surface area (Å²) in [6.45, 7) is 8.20. The van der Waals surface area contributed by atoms with E-state index in [0.29, 0.717) is 32.8 Å². The summed E-state index contributed by atoms with van der Waals surface area (Å²) in [6, 6.07) is 0. The van der Waals surface area contributed by atoms with Crippen LogP contribution in [0.3, 0.4) is 0 Å². The Morgan fingerprint density at radius 1 is 1.14 bits per heavy atom. The third kappa shape index (κ3) is 10.5. The van der Waals surface area contributed by atoms with E-state index in [9.17, 15) is 4.79 Å². The van der Waals surface area contributed by atoms with Gasteiger partial charge in [0.2, 0.25) is 0 Å². The van der Waals surface area contributed by atoms with Crippen LogP contribution in [0, 0.1) is 0 Å². The van der Waals surface area contributed by atoms with Crippen molar-refractivity contribution in [3.8, 4) is 0 Å². The molecule has 0 aliphatic heterocycles. The van der Waals surface area contributed by atoms with E-state index in [-0.39, 0.29) is 12.4 Å². The van der Waals surface area contributed by atoms with Gasteiger partial charge in [-0.3, -0.25) is 0 Å². The number of methoxy groups -OCH3 is 3. The predicted molar refractivity (Wildman–Crippen MR) is 80.4 cm³/mol. The number of nitrogens with zero attached hydrogens (tertiary/aromatic N) is 1. The van der Waals surface area contributed by atoms with Crippen molar-refractivity contribution in [2.45, 2.75) is 32.7 Å². The first kappa shape index (κ1) is 20.1. The van der Waals surface area contributed by atoms with Gasteiger partial charge in [-0.25, -0.2) is 4.79 Å². The number of carbonyl (C=O) groups is 1. The molecular weight excluding hydrogens is 276 g/mol. The Labute approximate surface area is 127 Å². The Balaban J connectivity index is 4.20. The van der Waals surface area contributed by atoms with Crippen molar-refractivity contribution in [3.05, 3.63) is 0 Å². The molecule has 0 unspecified atom stereocenters. The van der Waals surface area contributed by atoms with Gasteiger partial charge < -0.3 is 29.2 Å². The van der Waals surface area contributed by atoms with Crippen molar-refractivity contribution >= 4 is 6.09 Å². The molecule has 0 aliphatic carbocycles. The van der Waals surface area contributed by atoms with Crippen molar-refractivity contribution in [3.63, 3.8) is 0 Å². The molecular formula is C14H30N2O5. The number of hydrogen-bond donors (Lipinski definition) is 1. The lowest BCUT2D eigenvalue weighted by molar-refractivity contribution is -0.0987. The molecule has 21 heavy (non-hydrogen) atoms. The molecule has 0 atom stereocenters. The van der Waals surface area contributed by atoms with Crippen LogP contribution in [0.4, 0.5) is 4.79 Å². The van der Waals surface area contributed by atoms with Crippen LogP contribution in [0.1, 0.15) is 20.8 Å². The van der Waals surface area contributed by atoms with Crippen molar-refractivity contribution in [2.75, 3.05) is 54.1 Å². The van der Waals surface area contributed by atoms with Gasteiger partial charge in [-0.05, 0) is 20.8 Å². The molecule has 0 saturated carbocycles. The summed E-state index contributed by atoms with van der Waals surface area (Å²) >= 11 is 0. The Kier molecular flexibility index (Phi) is 10.3. The smallest absolute Gasteiger partial charge is 0.410 e. The first-order valence-corrected chi connectivity index (χ1v) is 7.07. The molecule has 0 spiro atoms. The number of carbonyl (C=O) groups excluding carboxylic acids is 1. The molecule has 1 N–H and O–H groups in total. The zero-order valence-electron chi connectivity index (χ0n) is 14.1. The molecule has 7 heteroatoms. The van der Waals surface area contributed by atoms with E-state index in [1.165, 1.54) is 0 Å². The molecule has 0 fully saturated rings. The van der Waals surface area contributed by atoms with Crippen LogP contribution in [0.2, 0.25) is 0 Å². The fraction of sp³-hybridized carbons (Fsp3) is 0.929. The molecule has 0 heterocycles. The molecule has 0 aromatic carbocycles. The molecule has 0 saturated heterocycles. The molecule has 1 amide bonds. The molecule has 126 valence electrons. The van der Waals surface area contributed by atoms with Gasteiger partial charge in [0.15, 0.2) is 6.29 Å². The monoisotopic (exact) mass is 306 g/mol. The second-order valence-electron chi connectivity index (χ2n) is 5.57. The standard InChI is InChI=1S/C14H30N2O5/c1-14(2,3)21-13(17)16(9-10-18-4)8-7-15-11-12(19-5)20-6/h12,15H,7-11H2,1-6H3. The highest BCUT2D eigenvalue weighted by molar-refractivity contribution is 5.68. The second kappa shape index (κ2) is 10.8. The van der Waals surface area contributed by atoms with Crippen LogP contribution in [-0.2, 0) is 18.9 Å². The minimum absolute atomic E-state index is 0.293. The van der Waals surface area contributed by atoms with Crippen LogP contribution < -0.4 is 5.32 Å². The molecule has 0 aliphatic rings. The van der Waals surface area contributed by atoms with Gasteiger partial charge in [-0.2, -0.15) is 0 Å². The lowest BCUT2D eigenvalue weighted by atomic mass is 10.2. The second-order valence-corrected chi connectivity index (χ2v) is 5.57. The Hall–Kier alpha value is -0.890. The molecule has 7 nitrogen and oxygen atoms in total. The maximum absolute atomic E-state index is 12.1. The number of ether oxygens (including phenoxy) is 4. The topological polar surface area (TPSA) is 69.3 Å². The summed E-state index contributed by atoms with van der Waals surface area (Å²) in [5.41, 5.74) is -0.507. The van der Waals surface area contributed by atoms with E-state index in [0.717, 1.165) is 0 Å². The fourth-order valence-corrected chi connectivity index (χ4v) is 1.52. The van der Waals surface area contributed by atoms with Crippen molar-refractivity contribution in [1.29, 1.82) is 0 Å². The first-order valence-electron chi connectivity index (χ1n) is 7.07. The van der Waals surface area contributed by atoms with Gasteiger partial charge in [0.05, 0.1) is 6.61 Å². The third-order valence-corrected chi connectivity index (χ3v) is 2.61. The van der Waals surface area contributed by atoms with Gasteiger partial charge in [-0.1, -0.05) is 0 Å². The normalized spacial score (nSPS) is 11.8. The average Bonchev–Trinajstić information content (AvgIpc) is 2.40. The minimum atomic E-state index is -0.507. The van der Waals surface area contributed by atoms with E-state index >= 15 is 0 Å². The summed E-state index contributed by atoms with van der Waals surface area (Å²) < 4.78 is 20.5. The minimum Gasteiger partial charge on any atom is -0.444 e. The number of rotatable bonds is 10. The van der Waals surface area contributed by atoms with Crippen LogP contribution in [0.15, 0.2) is 0 Å². The quantitative estimate of drug-likeness (QED) is 0.481. The third-order valence-electron chi connectivity index (χ3n) is 2.61. The van der Waals surface area contributed by atoms with Crippen LogP contribution >= 0.6 is 0 Å². The van der Waals surface area contributed by atoms with E-state index in [1.807, 2.05) is 20.8 Å². The Bertz CT molecular complexity index is 277. The van der Waals surface area contributed by atoms with E-state index in [1.54, 1.807) is 26.2 Å². The van der Waals surface area contributed by atoms with Crippen LogP contribution in [-0.4, -0.2) is 77.0 Å². The van der Waals surface area contributed by atoms with E-state index < -0.39 is 5.60 Å². The van der Waals surface area contributed by atoms with Crippen LogP contribution in [0.25, 0.3) is 0 Å². The van der Waals surface area contributed by atoms with Crippen molar-refractivity contribution in [2.24, 2.45) is 0 Å². The van der Waals surface area contributed by atoms with E-state index in [4.69, 9.17) is 18.9 Å². The zero-order valence-corrected chi connectivity index (χ0v) is 14.1. The average molecular weight is 306 g/mol. The summed E-state index contributed by atoms with van der Waals surface area (Å²) in [7, 11) is 4.77. The highest BCUT2D eigenvalue weighted by Crippen LogP contribution is 2.09. The highest BCUT2D eigenvalue weighted by Gasteiger charge is 2.21. The first-order chi connectivity index (χ1) is 9.84. The lowest BCUT2D eigenvalue weighted by Crippen LogP contribution is -2.43. The summed E-state index contributed by atoms with van der Waals surface area (Å²) in [6.07, 6.45) is -0.629. The largest absolute Gasteiger partial charge is 0.444 e. The van der Waals surface area contributed by atoms with Gasteiger partial charge >= 0.3 is 6.09 Å². The lowest BCUT2D eigenvalue weighted by Gasteiger charge is -2.27. The van der Waals surface area contributed by atoms with Gasteiger partial charge in [0, 0.05) is 47.5 Å². The number of hydrogen-bond acceptors (Lipinski definition) is 6. The summed E-state index contributed by atoms with van der Waals surface area (Å²) in [5.74, 6) is 0. The fourth-order valence-electron chi connectivity index (χ4n) is 1.52. The Morgan fingerprint density at radius 2 is 1.76 bits per heavy atom. The maximum atomic E-state index is 12.1. The number of nitrogens with one attached hydrogen (secondary N) is 1. The Morgan fingerprint density at radius 3 is 2.24 bits per heavy atom. The van der Waals surface area contributed by atoms with Crippen LogP contribution in [0.5, 0.6) is 0 Å². The zero-order chi connectivity index (χ0) is 16.3. The molecule has 0 radical (unpaired) electrons. The van der Waals surface area contributed by atoms with Crippen molar-refractivity contribution in [1.82, 2.24) is 10.2 Å².